The van der Waals surface area contributed by atoms with E-state index in [2.05, 4.69) is 24.4 Å². The molecule has 1 heterocycles. The first kappa shape index (κ1) is 29.5. The number of rotatable bonds is 9. The fourth-order valence-corrected chi connectivity index (χ4v) is 6.66. The van der Waals surface area contributed by atoms with Crippen LogP contribution in [0.25, 0.3) is 11.1 Å². The van der Waals surface area contributed by atoms with Crippen molar-refractivity contribution in [1.82, 2.24) is 10.2 Å². The maximum absolute atomic E-state index is 13.5. The van der Waals surface area contributed by atoms with Crippen molar-refractivity contribution in [1.29, 1.82) is 0 Å². The molecule has 5 N–H and O–H groups in total. The Morgan fingerprint density at radius 1 is 1.21 bits per heavy atom. The van der Waals surface area contributed by atoms with Crippen LogP contribution in [0.4, 0.5) is 0 Å². The van der Waals surface area contributed by atoms with Crippen LogP contribution in [0, 0.1) is 11.8 Å². The highest BCUT2D eigenvalue weighted by Gasteiger charge is 2.44. The minimum atomic E-state index is -1.27. The predicted octanol–water partition coefficient (Wildman–Crippen LogP) is 4.01. The minimum absolute atomic E-state index is 0.00857. The smallest absolute Gasteiger partial charge is 0.225 e. The highest BCUT2D eigenvalue weighted by Crippen LogP contribution is 2.46. The van der Waals surface area contributed by atoms with Crippen molar-refractivity contribution < 1.29 is 19.8 Å². The van der Waals surface area contributed by atoms with Gasteiger partial charge in [-0.15, -0.1) is 0 Å². The van der Waals surface area contributed by atoms with Gasteiger partial charge in [0, 0.05) is 55.0 Å². The SMILES string of the molecule is CCc1cccc(-c2c(Cl)cccc2[C@](O)(CCCNC(C)=O)[C@@H]2CCCN(C(=O)[C@H]3C[C@@H](N)[C@@H](O)C3)C2)c1. The maximum atomic E-state index is 13.5. The Bertz CT molecular complexity index is 1160. The van der Waals surface area contributed by atoms with Crippen molar-refractivity contribution in [2.75, 3.05) is 19.6 Å². The molecule has 0 bridgehead atoms. The molecule has 212 valence electrons. The summed E-state index contributed by atoms with van der Waals surface area (Å²) in [5.41, 5.74) is 8.42. The monoisotopic (exact) mass is 555 g/mol. The van der Waals surface area contributed by atoms with Gasteiger partial charge in [0.15, 0.2) is 0 Å². The highest BCUT2D eigenvalue weighted by atomic mass is 35.5. The zero-order chi connectivity index (χ0) is 28.2. The molecule has 39 heavy (non-hydrogen) atoms. The van der Waals surface area contributed by atoms with E-state index in [-0.39, 0.29) is 29.7 Å². The van der Waals surface area contributed by atoms with Gasteiger partial charge in [0.1, 0.15) is 0 Å². The first-order valence-corrected chi connectivity index (χ1v) is 14.6. The van der Waals surface area contributed by atoms with Gasteiger partial charge >= 0.3 is 0 Å². The summed E-state index contributed by atoms with van der Waals surface area (Å²) in [5.74, 6) is -0.613. The zero-order valence-electron chi connectivity index (χ0n) is 23.0. The fourth-order valence-electron chi connectivity index (χ4n) is 6.38. The number of amides is 2. The lowest BCUT2D eigenvalue weighted by Crippen LogP contribution is -2.49. The molecule has 4 rings (SSSR count). The molecule has 1 saturated heterocycles. The van der Waals surface area contributed by atoms with Crippen LogP contribution >= 0.6 is 11.6 Å². The van der Waals surface area contributed by atoms with Crippen LogP contribution in [0.2, 0.25) is 5.02 Å². The summed E-state index contributed by atoms with van der Waals surface area (Å²) < 4.78 is 0. The van der Waals surface area contributed by atoms with Gasteiger partial charge in [-0.1, -0.05) is 54.9 Å². The van der Waals surface area contributed by atoms with Gasteiger partial charge in [-0.25, -0.2) is 0 Å². The summed E-state index contributed by atoms with van der Waals surface area (Å²) in [4.78, 5) is 26.8. The lowest BCUT2D eigenvalue weighted by molar-refractivity contribution is -0.141. The standard InChI is InChI=1S/C31H42ClN3O4/c1-3-21-8-4-9-22(16-21)29-25(11-5-12-26(29)32)31(39,13-7-14-34-20(2)36)24-10-6-15-35(19-24)30(38)23-17-27(33)28(37)18-23/h4-5,8-9,11-12,16,23-24,27-28,37,39H,3,6-7,10,13-15,17-19,33H2,1-2H3,(H,34,36)/t23-,24+,27+,28-,31-/m0/s1. The van der Waals surface area contributed by atoms with E-state index in [1.54, 1.807) is 0 Å². The summed E-state index contributed by atoms with van der Waals surface area (Å²) >= 11 is 6.83. The number of carbonyl (C=O) groups is 2. The Labute approximate surface area is 236 Å². The van der Waals surface area contributed by atoms with Crippen molar-refractivity contribution in [2.24, 2.45) is 17.6 Å². The topological polar surface area (TPSA) is 116 Å². The van der Waals surface area contributed by atoms with Crippen LogP contribution in [0.3, 0.4) is 0 Å². The average molecular weight is 556 g/mol. The summed E-state index contributed by atoms with van der Waals surface area (Å²) in [6.07, 6.45) is 3.61. The molecule has 1 saturated carbocycles. The Kier molecular flexibility index (Phi) is 9.70. The highest BCUT2D eigenvalue weighted by molar-refractivity contribution is 6.33. The molecular formula is C31H42ClN3O4. The molecule has 2 aromatic carbocycles. The number of nitrogens with two attached hydrogens (primary N) is 1. The van der Waals surface area contributed by atoms with Gasteiger partial charge in [0.25, 0.3) is 0 Å². The number of hydrogen-bond acceptors (Lipinski definition) is 5. The first-order chi connectivity index (χ1) is 18.6. The molecule has 2 fully saturated rings. The number of carbonyl (C=O) groups excluding carboxylic acids is 2. The number of nitrogens with zero attached hydrogens (tertiary/aromatic N) is 1. The Morgan fingerprint density at radius 2 is 1.97 bits per heavy atom. The van der Waals surface area contributed by atoms with Gasteiger partial charge in [0.2, 0.25) is 11.8 Å². The Balaban J connectivity index is 1.69. The van der Waals surface area contributed by atoms with Crippen LogP contribution in [-0.4, -0.2) is 58.7 Å². The molecule has 8 heteroatoms. The second-order valence-corrected chi connectivity index (χ2v) is 11.7. The van der Waals surface area contributed by atoms with E-state index in [0.717, 1.165) is 36.0 Å². The average Bonchev–Trinajstić information content (AvgIpc) is 3.28. The quantitative estimate of drug-likeness (QED) is 0.349. The number of likely N-dealkylation sites (tertiary alicyclic amines) is 1. The van der Waals surface area contributed by atoms with Gasteiger partial charge < -0.3 is 26.2 Å². The van der Waals surface area contributed by atoms with Crippen molar-refractivity contribution in [3.63, 3.8) is 0 Å². The van der Waals surface area contributed by atoms with Crippen molar-refractivity contribution in [3.8, 4) is 11.1 Å². The number of aliphatic hydroxyl groups excluding tert-OH is 1. The van der Waals surface area contributed by atoms with E-state index in [1.807, 2.05) is 35.2 Å². The molecule has 0 unspecified atom stereocenters. The largest absolute Gasteiger partial charge is 0.391 e. The lowest BCUT2D eigenvalue weighted by atomic mass is 9.72. The second kappa shape index (κ2) is 12.8. The molecule has 1 aliphatic heterocycles. The van der Waals surface area contributed by atoms with Crippen LogP contribution < -0.4 is 11.1 Å². The summed E-state index contributed by atoms with van der Waals surface area (Å²) in [5, 5.41) is 26.2. The van der Waals surface area contributed by atoms with Gasteiger partial charge in [0.05, 0.1) is 11.7 Å². The van der Waals surface area contributed by atoms with Crippen LogP contribution in [0.15, 0.2) is 42.5 Å². The lowest BCUT2D eigenvalue weighted by Gasteiger charge is -2.44. The van der Waals surface area contributed by atoms with E-state index in [4.69, 9.17) is 17.3 Å². The molecule has 2 aliphatic rings. The number of halogens is 1. The summed E-state index contributed by atoms with van der Waals surface area (Å²) in [7, 11) is 0. The van der Waals surface area contributed by atoms with Gasteiger partial charge in [-0.3, -0.25) is 9.59 Å². The zero-order valence-corrected chi connectivity index (χ0v) is 23.8. The van der Waals surface area contributed by atoms with Gasteiger partial charge in [-0.05, 0) is 67.7 Å². The third-order valence-electron chi connectivity index (χ3n) is 8.55. The second-order valence-electron chi connectivity index (χ2n) is 11.3. The third-order valence-corrected chi connectivity index (χ3v) is 8.86. The third kappa shape index (κ3) is 6.65. The summed E-state index contributed by atoms with van der Waals surface area (Å²) in [6.45, 7) is 5.08. The van der Waals surface area contributed by atoms with E-state index >= 15 is 0 Å². The predicted molar refractivity (Wildman–Crippen MR) is 154 cm³/mol. The molecule has 0 radical (unpaired) electrons. The number of aliphatic hydroxyl groups is 2. The number of nitrogens with one attached hydrogen (secondary N) is 1. The normalized spacial score (nSPS) is 24.8. The Morgan fingerprint density at radius 3 is 2.67 bits per heavy atom. The fraction of sp³-hybridized carbons (Fsp3) is 0.548. The van der Waals surface area contributed by atoms with Crippen LogP contribution in [0.5, 0.6) is 0 Å². The molecule has 7 nitrogen and oxygen atoms in total. The van der Waals surface area contributed by atoms with Crippen LogP contribution in [-0.2, 0) is 21.6 Å². The molecular weight excluding hydrogens is 514 g/mol. The minimum Gasteiger partial charge on any atom is -0.391 e. The number of aryl methyl sites for hydroxylation is 1. The molecule has 2 aromatic rings. The van der Waals surface area contributed by atoms with E-state index in [9.17, 15) is 19.8 Å². The van der Waals surface area contributed by atoms with Crippen molar-refractivity contribution >= 4 is 23.4 Å². The molecule has 1 aliphatic carbocycles. The maximum Gasteiger partial charge on any atom is 0.225 e. The molecule has 0 spiro atoms. The number of hydrogen-bond donors (Lipinski definition) is 4. The molecule has 5 atom stereocenters. The molecule has 2 amide bonds. The molecule has 0 aromatic heterocycles. The van der Waals surface area contributed by atoms with Gasteiger partial charge in [-0.2, -0.15) is 0 Å². The van der Waals surface area contributed by atoms with Crippen molar-refractivity contribution in [3.05, 3.63) is 58.6 Å². The van der Waals surface area contributed by atoms with E-state index in [1.165, 1.54) is 12.5 Å². The first-order valence-electron chi connectivity index (χ1n) is 14.2. The van der Waals surface area contributed by atoms with E-state index < -0.39 is 11.7 Å². The number of benzene rings is 2. The van der Waals surface area contributed by atoms with Crippen LogP contribution in [0.1, 0.15) is 63.5 Å². The Hall–Kier alpha value is -2.45. The summed E-state index contributed by atoms with van der Waals surface area (Å²) in [6, 6.07) is 13.5. The van der Waals surface area contributed by atoms with E-state index in [0.29, 0.717) is 50.3 Å². The van der Waals surface area contributed by atoms with Crippen molar-refractivity contribution in [2.45, 2.75) is 76.5 Å². The number of piperidine rings is 1.